The van der Waals surface area contributed by atoms with E-state index >= 15 is 0 Å². The molecule has 0 saturated heterocycles. The fourth-order valence-electron chi connectivity index (χ4n) is 5.45. The zero-order valence-corrected chi connectivity index (χ0v) is 25.1. The van der Waals surface area contributed by atoms with E-state index in [0.717, 1.165) is 25.7 Å². The van der Waals surface area contributed by atoms with Gasteiger partial charge in [0.05, 0.1) is 6.04 Å². The van der Waals surface area contributed by atoms with Gasteiger partial charge in [0.1, 0.15) is 0 Å². The monoisotopic (exact) mass is 530 g/mol. The molecule has 5 rings (SSSR count). The minimum atomic E-state index is 0.312. The first-order chi connectivity index (χ1) is 19.6. The van der Waals surface area contributed by atoms with Gasteiger partial charge in [-0.15, -0.1) is 0 Å². The average molecular weight is 531 g/mol. The molecule has 0 spiro atoms. The summed E-state index contributed by atoms with van der Waals surface area (Å²) in [5.74, 6) is 0.393. The first kappa shape index (κ1) is 29.2. The lowest BCUT2D eigenvalue weighted by atomic mass is 9.88. The molecule has 0 amide bonds. The maximum Gasteiger partial charge on any atom is 0.0582 e. The van der Waals surface area contributed by atoms with E-state index in [1.807, 2.05) is 0 Å². The third kappa shape index (κ3) is 7.04. The van der Waals surface area contributed by atoms with Gasteiger partial charge in [-0.1, -0.05) is 106 Å². The number of para-hydroxylation sites is 1. The highest BCUT2D eigenvalue weighted by Gasteiger charge is 2.26. The first-order valence-electron chi connectivity index (χ1n) is 15.1. The summed E-state index contributed by atoms with van der Waals surface area (Å²) in [4.78, 5) is 4.85. The van der Waals surface area contributed by atoms with Crippen molar-refractivity contribution in [2.75, 3.05) is 4.90 Å². The van der Waals surface area contributed by atoms with Crippen molar-refractivity contribution >= 4 is 16.9 Å². The van der Waals surface area contributed by atoms with Crippen LogP contribution in [-0.4, -0.2) is 10.9 Å². The lowest BCUT2D eigenvalue weighted by Gasteiger charge is -2.38. The summed E-state index contributed by atoms with van der Waals surface area (Å²) >= 11 is 0. The number of nitrogens with zero attached hydrogens (tertiary/aromatic N) is 2. The lowest BCUT2D eigenvalue weighted by molar-refractivity contribution is 0.318. The van der Waals surface area contributed by atoms with Crippen LogP contribution in [0.4, 0.5) is 11.4 Å². The van der Waals surface area contributed by atoms with Crippen molar-refractivity contribution < 1.29 is 0 Å². The van der Waals surface area contributed by atoms with Gasteiger partial charge in [-0.25, -0.2) is 0 Å². The van der Waals surface area contributed by atoms with Gasteiger partial charge in [-0.05, 0) is 93.0 Å². The van der Waals surface area contributed by atoms with Gasteiger partial charge in [0.25, 0.3) is 0 Å². The molecule has 0 N–H and O–H groups in total. The van der Waals surface area contributed by atoms with Crippen LogP contribution < -0.4 is 4.90 Å². The van der Waals surface area contributed by atoms with Crippen molar-refractivity contribution in [3.05, 3.63) is 138 Å². The summed E-state index contributed by atoms with van der Waals surface area (Å²) in [7, 11) is 0. The van der Waals surface area contributed by atoms with Crippen LogP contribution in [0, 0.1) is 5.92 Å². The third-order valence-electron chi connectivity index (χ3n) is 7.51. The Morgan fingerprint density at radius 1 is 0.800 bits per heavy atom. The minimum Gasteiger partial charge on any atom is -0.339 e. The molecule has 3 aliphatic rings. The maximum atomic E-state index is 2.50. The topological polar surface area (TPSA) is 6.48 Å². The average Bonchev–Trinajstić information content (AvgIpc) is 3.00. The molecule has 0 radical (unpaired) electrons. The molecule has 3 aliphatic carbocycles. The Balaban J connectivity index is 0.00000118. The quantitative estimate of drug-likeness (QED) is 0.351. The Labute approximate surface area is 243 Å². The van der Waals surface area contributed by atoms with Crippen molar-refractivity contribution in [3.8, 4) is 0 Å². The normalized spacial score (nSPS) is 20.1. The lowest BCUT2D eigenvalue weighted by Crippen LogP contribution is -2.37. The number of rotatable bonds is 7. The van der Waals surface area contributed by atoms with Gasteiger partial charge >= 0.3 is 0 Å². The third-order valence-corrected chi connectivity index (χ3v) is 7.51. The van der Waals surface area contributed by atoms with E-state index < -0.39 is 0 Å². The van der Waals surface area contributed by atoms with E-state index in [1.54, 1.807) is 0 Å². The molecule has 208 valence electrons. The SMILES string of the molecule is C/C=C(\C)N(C1=CCCC=C1)C1C=CC(c2ccc(N(C3=CCCC=C3)c3ccccc3)cc2)=CC1C.CCC. The molecule has 0 heterocycles. The summed E-state index contributed by atoms with van der Waals surface area (Å²) in [5, 5.41) is 0. The second-order valence-electron chi connectivity index (χ2n) is 10.8. The van der Waals surface area contributed by atoms with E-state index in [0.29, 0.717) is 12.0 Å². The van der Waals surface area contributed by atoms with Crippen LogP contribution in [0.1, 0.15) is 72.3 Å². The molecule has 0 aromatic heterocycles. The second-order valence-corrected chi connectivity index (χ2v) is 10.8. The summed E-state index contributed by atoms with van der Waals surface area (Å²) in [5.41, 5.74) is 8.78. The molecule has 0 saturated carbocycles. The van der Waals surface area contributed by atoms with Crippen LogP contribution in [0.15, 0.2) is 132 Å². The van der Waals surface area contributed by atoms with Crippen molar-refractivity contribution in [1.82, 2.24) is 4.90 Å². The van der Waals surface area contributed by atoms with Crippen LogP contribution in [0.3, 0.4) is 0 Å². The van der Waals surface area contributed by atoms with E-state index in [-0.39, 0.29) is 0 Å². The molecule has 0 bridgehead atoms. The van der Waals surface area contributed by atoms with Crippen molar-refractivity contribution in [3.63, 3.8) is 0 Å². The van der Waals surface area contributed by atoms with Crippen molar-refractivity contribution in [2.24, 2.45) is 5.92 Å². The summed E-state index contributed by atoms with van der Waals surface area (Å²) < 4.78 is 0. The standard InChI is InChI=1S/C35H38N2.C3H8/c1-4-28(3)36(31-14-8-5-9-15-31)35-25-22-30(26-27(35)2)29-20-23-34(24-21-29)37(32-16-10-6-11-17-32)33-18-12-7-13-19-33;1-3-2/h4,6,8,10-12,14-27,35H,5,7,9,13H2,1-3H3;3H2,1-2H3/b28-4+;. The number of allylic oxidation sites excluding steroid dienone is 10. The zero-order valence-electron chi connectivity index (χ0n) is 25.1. The number of benzene rings is 2. The fourth-order valence-corrected chi connectivity index (χ4v) is 5.45. The molecule has 0 fully saturated rings. The molecule has 2 aromatic rings. The van der Waals surface area contributed by atoms with Crippen molar-refractivity contribution in [2.45, 2.75) is 72.8 Å². The predicted molar refractivity (Wildman–Crippen MR) is 175 cm³/mol. The Kier molecular flexibility index (Phi) is 10.6. The summed E-state index contributed by atoms with van der Waals surface area (Å²) in [6.07, 6.45) is 28.9. The van der Waals surface area contributed by atoms with E-state index in [9.17, 15) is 0 Å². The Morgan fingerprint density at radius 3 is 1.95 bits per heavy atom. The number of hydrogen-bond acceptors (Lipinski definition) is 2. The van der Waals surface area contributed by atoms with Gasteiger partial charge < -0.3 is 9.80 Å². The highest BCUT2D eigenvalue weighted by Crippen LogP contribution is 2.35. The van der Waals surface area contributed by atoms with Crippen LogP contribution in [0.5, 0.6) is 0 Å². The van der Waals surface area contributed by atoms with Gasteiger partial charge in [-0.2, -0.15) is 0 Å². The largest absolute Gasteiger partial charge is 0.339 e. The number of anilines is 2. The van der Waals surface area contributed by atoms with Gasteiger partial charge in [0.15, 0.2) is 0 Å². The minimum absolute atomic E-state index is 0.312. The van der Waals surface area contributed by atoms with E-state index in [2.05, 4.69) is 160 Å². The van der Waals surface area contributed by atoms with Crippen LogP contribution in [0.2, 0.25) is 0 Å². The molecule has 0 aliphatic heterocycles. The number of hydrogen-bond donors (Lipinski definition) is 0. The molecule has 2 atom stereocenters. The highest BCUT2D eigenvalue weighted by atomic mass is 15.2. The second kappa shape index (κ2) is 14.6. The molecular weight excluding hydrogens is 484 g/mol. The van der Waals surface area contributed by atoms with E-state index in [4.69, 9.17) is 0 Å². The molecule has 2 aromatic carbocycles. The molecule has 40 heavy (non-hydrogen) atoms. The van der Waals surface area contributed by atoms with Crippen LogP contribution >= 0.6 is 0 Å². The fraction of sp³-hybridized carbons (Fsp3) is 0.316. The first-order valence-corrected chi connectivity index (χ1v) is 15.1. The maximum absolute atomic E-state index is 2.50. The van der Waals surface area contributed by atoms with Gasteiger partial charge in [-0.3, -0.25) is 0 Å². The predicted octanol–water partition coefficient (Wildman–Crippen LogP) is 10.9. The van der Waals surface area contributed by atoms with Gasteiger partial charge in [0.2, 0.25) is 0 Å². The smallest absolute Gasteiger partial charge is 0.0582 e. The molecule has 2 unspecified atom stereocenters. The Bertz CT molecular complexity index is 1320. The molecule has 2 nitrogen and oxygen atoms in total. The van der Waals surface area contributed by atoms with Crippen LogP contribution in [-0.2, 0) is 0 Å². The zero-order chi connectivity index (χ0) is 28.3. The molecular formula is C38H46N2. The Hall–Kier alpha value is -3.78. The summed E-state index contributed by atoms with van der Waals surface area (Å²) in [6.45, 7) is 10.9. The summed E-state index contributed by atoms with van der Waals surface area (Å²) in [6, 6.07) is 20.0. The molecule has 2 heteroatoms. The van der Waals surface area contributed by atoms with Crippen molar-refractivity contribution in [1.29, 1.82) is 0 Å². The Morgan fingerprint density at radius 2 is 1.40 bits per heavy atom. The highest BCUT2D eigenvalue weighted by molar-refractivity contribution is 5.78. The van der Waals surface area contributed by atoms with Gasteiger partial charge in [0, 0.05) is 28.5 Å². The van der Waals surface area contributed by atoms with Crippen LogP contribution in [0.25, 0.3) is 5.57 Å². The van der Waals surface area contributed by atoms with E-state index in [1.165, 1.54) is 46.0 Å².